The van der Waals surface area contributed by atoms with Crippen LogP contribution in [0.2, 0.25) is 5.02 Å². The van der Waals surface area contributed by atoms with Crippen LogP contribution >= 0.6 is 11.6 Å². The highest BCUT2D eigenvalue weighted by Gasteiger charge is 2.27. The number of hydrogen-bond donors (Lipinski definition) is 2. The Morgan fingerprint density at radius 2 is 2.43 bits per heavy atom. The third kappa shape index (κ3) is 2.23. The van der Waals surface area contributed by atoms with Gasteiger partial charge in [0.15, 0.2) is 0 Å². The largest absolute Gasteiger partial charge is 0.271 e. The second-order valence-corrected chi connectivity index (χ2v) is 4.18. The zero-order valence-electron chi connectivity index (χ0n) is 7.91. The van der Waals surface area contributed by atoms with Crippen molar-refractivity contribution in [2.24, 2.45) is 11.8 Å². The zero-order valence-corrected chi connectivity index (χ0v) is 8.67. The molecule has 14 heavy (non-hydrogen) atoms. The maximum Gasteiger partial charge on any atom is 0.0772 e. The van der Waals surface area contributed by atoms with Gasteiger partial charge in [-0.2, -0.15) is 0 Å². The van der Waals surface area contributed by atoms with E-state index in [9.17, 15) is 0 Å². The van der Waals surface area contributed by atoms with Crippen LogP contribution < -0.4 is 11.3 Å². The minimum absolute atomic E-state index is 0.0937. The number of aromatic nitrogens is 1. The van der Waals surface area contributed by atoms with Gasteiger partial charge in [-0.1, -0.05) is 24.4 Å². The number of nitrogens with one attached hydrogen (secondary N) is 1. The summed E-state index contributed by atoms with van der Waals surface area (Å²) in [6.45, 7) is 0. The summed E-state index contributed by atoms with van der Waals surface area (Å²) < 4.78 is 0. The molecule has 0 amide bonds. The topological polar surface area (TPSA) is 50.9 Å². The Balaban J connectivity index is 2.12. The van der Waals surface area contributed by atoms with Crippen molar-refractivity contribution >= 4 is 11.6 Å². The molecule has 0 radical (unpaired) electrons. The first-order valence-corrected chi connectivity index (χ1v) is 5.25. The lowest BCUT2D eigenvalue weighted by Gasteiger charge is -2.15. The lowest BCUT2D eigenvalue weighted by Crippen LogP contribution is -2.29. The Morgan fingerprint density at radius 3 is 3.00 bits per heavy atom. The summed E-state index contributed by atoms with van der Waals surface area (Å²) >= 11 is 6.04. The van der Waals surface area contributed by atoms with Crippen LogP contribution in [0.15, 0.2) is 18.3 Å². The van der Waals surface area contributed by atoms with Gasteiger partial charge in [0.2, 0.25) is 0 Å². The van der Waals surface area contributed by atoms with Crippen molar-refractivity contribution in [1.29, 1.82) is 0 Å². The van der Waals surface area contributed by atoms with Gasteiger partial charge in [-0.15, -0.1) is 0 Å². The Kier molecular flexibility index (Phi) is 3.01. The van der Waals surface area contributed by atoms with E-state index in [1.54, 1.807) is 6.20 Å². The molecule has 0 saturated heterocycles. The van der Waals surface area contributed by atoms with Crippen LogP contribution in [0.1, 0.15) is 31.0 Å². The second kappa shape index (κ2) is 4.26. The zero-order chi connectivity index (χ0) is 9.97. The average Bonchev–Trinajstić information content (AvgIpc) is 2.99. The average molecular weight is 212 g/mol. The summed E-state index contributed by atoms with van der Waals surface area (Å²) in [4.78, 5) is 4.26. The summed E-state index contributed by atoms with van der Waals surface area (Å²) in [6.07, 6.45) is 5.40. The molecule has 2 rings (SSSR count). The molecule has 1 heterocycles. The van der Waals surface area contributed by atoms with Gasteiger partial charge in [0.05, 0.1) is 16.8 Å². The fourth-order valence-corrected chi connectivity index (χ4v) is 1.85. The lowest BCUT2D eigenvalue weighted by molar-refractivity contribution is 0.477. The van der Waals surface area contributed by atoms with Crippen molar-refractivity contribution in [2.45, 2.75) is 25.3 Å². The fraction of sp³-hybridized carbons (Fsp3) is 0.500. The van der Waals surface area contributed by atoms with E-state index in [0.717, 1.165) is 18.0 Å². The number of hydrogen-bond acceptors (Lipinski definition) is 3. The molecule has 0 bridgehead atoms. The first kappa shape index (κ1) is 9.90. The van der Waals surface area contributed by atoms with Crippen LogP contribution in [0.25, 0.3) is 0 Å². The highest BCUT2D eigenvalue weighted by Crippen LogP contribution is 2.38. The number of halogens is 1. The molecule has 1 aliphatic rings. The van der Waals surface area contributed by atoms with Crippen LogP contribution in [0.4, 0.5) is 0 Å². The minimum atomic E-state index is 0.0937. The van der Waals surface area contributed by atoms with Gasteiger partial charge in [0, 0.05) is 6.20 Å². The Hall–Kier alpha value is -0.640. The second-order valence-electron chi connectivity index (χ2n) is 3.77. The van der Waals surface area contributed by atoms with E-state index < -0.39 is 0 Å². The SMILES string of the molecule is NNC(CC1CC1)c1ncccc1Cl. The Morgan fingerprint density at radius 1 is 1.64 bits per heavy atom. The van der Waals surface area contributed by atoms with Crippen LogP contribution in [-0.4, -0.2) is 4.98 Å². The van der Waals surface area contributed by atoms with Crippen LogP contribution in [0, 0.1) is 5.92 Å². The summed E-state index contributed by atoms with van der Waals surface area (Å²) in [5.74, 6) is 6.30. The Bertz CT molecular complexity index is 312. The maximum atomic E-state index is 6.04. The minimum Gasteiger partial charge on any atom is -0.271 e. The van der Waals surface area contributed by atoms with Gasteiger partial charge in [-0.05, 0) is 24.5 Å². The van der Waals surface area contributed by atoms with E-state index in [4.69, 9.17) is 17.4 Å². The van der Waals surface area contributed by atoms with E-state index >= 15 is 0 Å². The van der Waals surface area contributed by atoms with Crippen molar-refractivity contribution in [3.63, 3.8) is 0 Å². The highest BCUT2D eigenvalue weighted by molar-refractivity contribution is 6.31. The lowest BCUT2D eigenvalue weighted by atomic mass is 10.1. The van der Waals surface area contributed by atoms with Crippen molar-refractivity contribution < 1.29 is 0 Å². The molecule has 3 N–H and O–H groups in total. The normalized spacial score (nSPS) is 18.1. The smallest absolute Gasteiger partial charge is 0.0772 e. The molecule has 0 aliphatic heterocycles. The van der Waals surface area contributed by atoms with E-state index in [0.29, 0.717) is 5.02 Å². The summed E-state index contributed by atoms with van der Waals surface area (Å²) in [5.41, 5.74) is 3.65. The standard InChI is InChI=1S/C10H14ClN3/c11-8-2-1-5-13-10(8)9(14-12)6-7-3-4-7/h1-2,5,7,9,14H,3-4,6,12H2. The number of pyridine rings is 1. The monoisotopic (exact) mass is 211 g/mol. The third-order valence-electron chi connectivity index (χ3n) is 2.58. The predicted molar refractivity (Wildman–Crippen MR) is 56.7 cm³/mol. The van der Waals surface area contributed by atoms with Crippen LogP contribution in [0.5, 0.6) is 0 Å². The first-order chi connectivity index (χ1) is 6.81. The van der Waals surface area contributed by atoms with Gasteiger partial charge in [-0.25, -0.2) is 0 Å². The van der Waals surface area contributed by atoms with E-state index in [-0.39, 0.29) is 6.04 Å². The van der Waals surface area contributed by atoms with Crippen LogP contribution in [-0.2, 0) is 0 Å². The molecule has 1 saturated carbocycles. The van der Waals surface area contributed by atoms with Crippen molar-refractivity contribution in [3.05, 3.63) is 29.0 Å². The van der Waals surface area contributed by atoms with Gasteiger partial charge in [0.1, 0.15) is 0 Å². The maximum absolute atomic E-state index is 6.04. The molecule has 1 aromatic heterocycles. The molecule has 1 unspecified atom stereocenters. The number of nitrogens with zero attached hydrogens (tertiary/aromatic N) is 1. The van der Waals surface area contributed by atoms with Gasteiger partial charge >= 0.3 is 0 Å². The molecule has 1 aliphatic carbocycles. The number of nitrogens with two attached hydrogens (primary N) is 1. The van der Waals surface area contributed by atoms with Crippen molar-refractivity contribution in [1.82, 2.24) is 10.4 Å². The molecule has 1 atom stereocenters. The van der Waals surface area contributed by atoms with Gasteiger partial charge in [0.25, 0.3) is 0 Å². The third-order valence-corrected chi connectivity index (χ3v) is 2.90. The fourth-order valence-electron chi connectivity index (χ4n) is 1.60. The summed E-state index contributed by atoms with van der Waals surface area (Å²) in [6, 6.07) is 3.77. The molecule has 76 valence electrons. The molecule has 4 heteroatoms. The first-order valence-electron chi connectivity index (χ1n) is 4.88. The molecule has 0 spiro atoms. The number of rotatable bonds is 4. The molecular formula is C10H14ClN3. The van der Waals surface area contributed by atoms with E-state index in [1.807, 2.05) is 12.1 Å². The molecule has 1 aromatic rings. The van der Waals surface area contributed by atoms with Gasteiger partial charge < -0.3 is 0 Å². The summed E-state index contributed by atoms with van der Waals surface area (Å²) in [5, 5.41) is 0.691. The molecule has 0 aromatic carbocycles. The summed E-state index contributed by atoms with van der Waals surface area (Å²) in [7, 11) is 0. The molecule has 3 nitrogen and oxygen atoms in total. The van der Waals surface area contributed by atoms with E-state index in [1.165, 1.54) is 12.8 Å². The predicted octanol–water partition coefficient (Wildman–Crippen LogP) is 2.04. The number of hydrazine groups is 1. The Labute approximate surface area is 88.6 Å². The van der Waals surface area contributed by atoms with Gasteiger partial charge in [-0.3, -0.25) is 16.3 Å². The van der Waals surface area contributed by atoms with Crippen molar-refractivity contribution in [3.8, 4) is 0 Å². The molecular weight excluding hydrogens is 198 g/mol. The van der Waals surface area contributed by atoms with Crippen LogP contribution in [0.3, 0.4) is 0 Å². The van der Waals surface area contributed by atoms with Crippen molar-refractivity contribution in [2.75, 3.05) is 0 Å². The molecule has 1 fully saturated rings. The van der Waals surface area contributed by atoms with E-state index in [2.05, 4.69) is 10.4 Å². The quantitative estimate of drug-likeness (QED) is 0.592. The highest BCUT2D eigenvalue weighted by atomic mass is 35.5.